The highest BCUT2D eigenvalue weighted by Gasteiger charge is 2.18. The number of hydrogen-bond acceptors (Lipinski definition) is 6. The molecule has 1 aliphatic rings. The van der Waals surface area contributed by atoms with Gasteiger partial charge in [0.25, 0.3) is 0 Å². The third-order valence-electron chi connectivity index (χ3n) is 5.16. The molecule has 31 heavy (non-hydrogen) atoms. The molecule has 0 spiro atoms. The van der Waals surface area contributed by atoms with Crippen molar-refractivity contribution in [2.75, 3.05) is 40.4 Å². The molecule has 1 saturated heterocycles. The Morgan fingerprint density at radius 2 is 1.39 bits per heavy atom. The first-order valence-corrected chi connectivity index (χ1v) is 10.0. The quantitative estimate of drug-likeness (QED) is 0.675. The van der Waals surface area contributed by atoms with Crippen LogP contribution in [0.15, 0.2) is 42.5 Å². The number of hydrogen-bond donors (Lipinski definition) is 2. The summed E-state index contributed by atoms with van der Waals surface area (Å²) < 4.78 is 10.7. The summed E-state index contributed by atoms with van der Waals surface area (Å²) in [5.41, 5.74) is 4.09. The van der Waals surface area contributed by atoms with Crippen molar-refractivity contribution in [3.63, 3.8) is 0 Å². The zero-order valence-corrected chi connectivity index (χ0v) is 18.2. The Morgan fingerprint density at radius 1 is 0.839 bits per heavy atom. The molecule has 1 fully saturated rings. The van der Waals surface area contributed by atoms with Crippen LogP contribution in [0.25, 0.3) is 0 Å². The van der Waals surface area contributed by atoms with E-state index in [1.54, 1.807) is 14.2 Å². The average Bonchev–Trinajstić information content (AvgIpc) is 2.77. The molecule has 2 aromatic carbocycles. The second kappa shape index (κ2) is 11.9. The molecule has 1 heterocycles. The molecule has 0 bridgehead atoms. The number of benzene rings is 2. The predicted octanol–water partition coefficient (Wildman–Crippen LogP) is 2.49. The largest absolute Gasteiger partial charge is 0.493 e. The second-order valence-electron chi connectivity index (χ2n) is 7.28. The van der Waals surface area contributed by atoms with Crippen molar-refractivity contribution in [3.05, 3.63) is 59.2 Å². The van der Waals surface area contributed by atoms with E-state index in [9.17, 15) is 0 Å². The molecule has 0 saturated carbocycles. The van der Waals surface area contributed by atoms with Crippen molar-refractivity contribution in [2.24, 2.45) is 0 Å². The number of aliphatic carboxylic acids is 2. The standard InChI is InChI=1S/C21H28N2O2.C2H2O4/c1-17-6-4-5-7-19(17)16-23-12-10-22(11-13-23)15-18-8-9-20(24-2)21(14-18)25-3;3-1(4)2(5)6/h4-9,14H,10-13,15-16H2,1-3H3;(H,3,4)(H,5,6). The van der Waals surface area contributed by atoms with Crippen LogP contribution in [-0.2, 0) is 22.7 Å². The number of aryl methyl sites for hydroxylation is 1. The van der Waals surface area contributed by atoms with Gasteiger partial charge in [-0.2, -0.15) is 0 Å². The molecule has 0 atom stereocenters. The van der Waals surface area contributed by atoms with Crippen LogP contribution in [-0.4, -0.2) is 72.4 Å². The summed E-state index contributed by atoms with van der Waals surface area (Å²) >= 11 is 0. The summed E-state index contributed by atoms with van der Waals surface area (Å²) in [6, 6.07) is 14.9. The Hall–Kier alpha value is -3.10. The van der Waals surface area contributed by atoms with Crippen molar-refractivity contribution in [3.8, 4) is 11.5 Å². The lowest BCUT2D eigenvalue weighted by atomic mass is 10.1. The summed E-state index contributed by atoms with van der Waals surface area (Å²) in [7, 11) is 3.36. The first-order chi connectivity index (χ1) is 14.8. The Bertz CT molecular complexity index is 866. The van der Waals surface area contributed by atoms with Crippen molar-refractivity contribution in [1.82, 2.24) is 9.80 Å². The predicted molar refractivity (Wildman–Crippen MR) is 117 cm³/mol. The van der Waals surface area contributed by atoms with Gasteiger partial charge in [-0.1, -0.05) is 30.3 Å². The van der Waals surface area contributed by atoms with Gasteiger partial charge in [0.2, 0.25) is 0 Å². The van der Waals surface area contributed by atoms with E-state index in [0.29, 0.717) is 0 Å². The minimum absolute atomic E-state index is 0.786. The summed E-state index contributed by atoms with van der Waals surface area (Å²) in [6.45, 7) is 8.63. The van der Waals surface area contributed by atoms with Gasteiger partial charge >= 0.3 is 11.9 Å². The van der Waals surface area contributed by atoms with Crippen LogP contribution in [0.5, 0.6) is 11.5 Å². The van der Waals surface area contributed by atoms with Gasteiger partial charge in [0.15, 0.2) is 11.5 Å². The third kappa shape index (κ3) is 7.58. The van der Waals surface area contributed by atoms with E-state index in [0.717, 1.165) is 50.8 Å². The topological polar surface area (TPSA) is 99.5 Å². The molecular formula is C23H30N2O6. The first kappa shape index (κ1) is 24.2. The van der Waals surface area contributed by atoms with E-state index in [2.05, 4.69) is 53.1 Å². The van der Waals surface area contributed by atoms with Gasteiger partial charge in [0.1, 0.15) is 0 Å². The number of carboxylic acid groups (broad SMARTS) is 2. The Balaban J connectivity index is 0.000000501. The first-order valence-electron chi connectivity index (χ1n) is 10.0. The molecule has 2 aromatic rings. The molecule has 0 aliphatic carbocycles. The van der Waals surface area contributed by atoms with E-state index in [-0.39, 0.29) is 0 Å². The van der Waals surface area contributed by atoms with Crippen LogP contribution in [0.3, 0.4) is 0 Å². The number of rotatable bonds is 6. The SMILES string of the molecule is COc1ccc(CN2CCN(Cc3ccccc3C)CC2)cc1OC.O=C(O)C(=O)O. The highest BCUT2D eigenvalue weighted by Crippen LogP contribution is 2.28. The molecule has 0 aromatic heterocycles. The fraction of sp³-hybridized carbons (Fsp3) is 0.391. The van der Waals surface area contributed by atoms with Crippen LogP contribution in [0.2, 0.25) is 0 Å². The molecule has 8 heteroatoms. The Labute approximate surface area is 182 Å². The van der Waals surface area contributed by atoms with Gasteiger partial charge in [-0.05, 0) is 35.7 Å². The highest BCUT2D eigenvalue weighted by atomic mass is 16.5. The van der Waals surface area contributed by atoms with Crippen LogP contribution >= 0.6 is 0 Å². The van der Waals surface area contributed by atoms with Gasteiger partial charge in [-0.25, -0.2) is 9.59 Å². The highest BCUT2D eigenvalue weighted by molar-refractivity contribution is 6.27. The third-order valence-corrected chi connectivity index (χ3v) is 5.16. The summed E-state index contributed by atoms with van der Waals surface area (Å²) in [6.07, 6.45) is 0. The monoisotopic (exact) mass is 430 g/mol. The van der Waals surface area contributed by atoms with E-state index in [1.165, 1.54) is 16.7 Å². The maximum Gasteiger partial charge on any atom is 0.414 e. The number of nitrogens with zero attached hydrogens (tertiary/aromatic N) is 2. The van der Waals surface area contributed by atoms with Crippen molar-refractivity contribution in [2.45, 2.75) is 20.0 Å². The van der Waals surface area contributed by atoms with Gasteiger partial charge in [0, 0.05) is 39.3 Å². The van der Waals surface area contributed by atoms with Gasteiger partial charge in [-0.15, -0.1) is 0 Å². The average molecular weight is 431 g/mol. The van der Waals surface area contributed by atoms with E-state index in [4.69, 9.17) is 29.3 Å². The number of carbonyl (C=O) groups is 2. The summed E-state index contributed by atoms with van der Waals surface area (Å²) in [5.74, 6) is -2.06. The lowest BCUT2D eigenvalue weighted by molar-refractivity contribution is -0.159. The van der Waals surface area contributed by atoms with Crippen molar-refractivity contribution < 1.29 is 29.3 Å². The molecule has 8 nitrogen and oxygen atoms in total. The van der Waals surface area contributed by atoms with E-state index >= 15 is 0 Å². The normalized spacial score (nSPS) is 14.3. The second-order valence-corrected chi connectivity index (χ2v) is 7.28. The molecule has 0 amide bonds. The lowest BCUT2D eigenvalue weighted by Gasteiger charge is -2.35. The lowest BCUT2D eigenvalue weighted by Crippen LogP contribution is -2.45. The maximum atomic E-state index is 9.10. The minimum atomic E-state index is -1.82. The van der Waals surface area contributed by atoms with Crippen molar-refractivity contribution >= 4 is 11.9 Å². The van der Waals surface area contributed by atoms with Crippen LogP contribution in [0.4, 0.5) is 0 Å². The van der Waals surface area contributed by atoms with Crippen LogP contribution in [0.1, 0.15) is 16.7 Å². The van der Waals surface area contributed by atoms with Crippen LogP contribution in [0, 0.1) is 6.92 Å². The number of carboxylic acids is 2. The number of methoxy groups -OCH3 is 2. The van der Waals surface area contributed by atoms with E-state index in [1.807, 2.05) is 6.07 Å². The smallest absolute Gasteiger partial charge is 0.414 e. The fourth-order valence-electron chi connectivity index (χ4n) is 3.37. The molecule has 168 valence electrons. The van der Waals surface area contributed by atoms with Gasteiger partial charge < -0.3 is 19.7 Å². The molecular weight excluding hydrogens is 400 g/mol. The van der Waals surface area contributed by atoms with Gasteiger partial charge in [0.05, 0.1) is 14.2 Å². The van der Waals surface area contributed by atoms with Crippen molar-refractivity contribution in [1.29, 1.82) is 0 Å². The number of piperazine rings is 1. The molecule has 3 rings (SSSR count). The fourth-order valence-corrected chi connectivity index (χ4v) is 3.37. The van der Waals surface area contributed by atoms with Crippen LogP contribution < -0.4 is 9.47 Å². The Kier molecular flexibility index (Phi) is 9.30. The molecule has 2 N–H and O–H groups in total. The van der Waals surface area contributed by atoms with Gasteiger partial charge in [-0.3, -0.25) is 9.80 Å². The summed E-state index contributed by atoms with van der Waals surface area (Å²) in [4.78, 5) is 23.3. The Morgan fingerprint density at radius 3 is 1.90 bits per heavy atom. The minimum Gasteiger partial charge on any atom is -0.493 e. The zero-order valence-electron chi connectivity index (χ0n) is 18.2. The summed E-state index contributed by atoms with van der Waals surface area (Å²) in [5, 5.41) is 14.8. The zero-order chi connectivity index (χ0) is 22.8. The maximum absolute atomic E-state index is 9.10. The molecule has 1 aliphatic heterocycles. The molecule has 0 unspecified atom stereocenters. The van der Waals surface area contributed by atoms with E-state index < -0.39 is 11.9 Å². The number of ether oxygens (including phenoxy) is 2. The molecule has 0 radical (unpaired) electrons.